The van der Waals surface area contributed by atoms with E-state index >= 15 is 0 Å². The van der Waals surface area contributed by atoms with Crippen LogP contribution in [0.5, 0.6) is 0 Å². The van der Waals surface area contributed by atoms with E-state index < -0.39 is 23.5 Å². The third kappa shape index (κ3) is 3.88. The minimum Gasteiger partial charge on any atom is -0.441 e. The van der Waals surface area contributed by atoms with E-state index in [1.165, 1.54) is 18.2 Å². The second-order valence-electron chi connectivity index (χ2n) is 6.29. The summed E-state index contributed by atoms with van der Waals surface area (Å²) in [6, 6.07) is 11.9. The van der Waals surface area contributed by atoms with Gasteiger partial charge in [0.15, 0.2) is 0 Å². The molecule has 1 heterocycles. The first-order valence-corrected chi connectivity index (χ1v) is 7.76. The zero-order valence-corrected chi connectivity index (χ0v) is 13.8. The molecule has 25 heavy (non-hydrogen) atoms. The predicted molar refractivity (Wildman–Crippen MR) is 91.9 cm³/mol. The monoisotopic (exact) mass is 343 g/mol. The maximum atomic E-state index is 13.2. The van der Waals surface area contributed by atoms with E-state index in [2.05, 4.69) is 16.0 Å². The van der Waals surface area contributed by atoms with Crippen LogP contribution in [0.3, 0.4) is 0 Å². The van der Waals surface area contributed by atoms with Crippen LogP contribution in [-0.4, -0.2) is 17.7 Å². The Kier molecular flexibility index (Phi) is 4.31. The molecule has 3 N–H and O–H groups in total. The SMILES string of the molecule is CC1(C)OC(=O)NC1c1cccc(NC(=O)Nc2cccc(F)c2)c1. The Hall–Kier alpha value is -3.09. The summed E-state index contributed by atoms with van der Waals surface area (Å²) >= 11 is 0. The zero-order chi connectivity index (χ0) is 18.0. The van der Waals surface area contributed by atoms with Gasteiger partial charge < -0.3 is 20.7 Å². The molecule has 6 nitrogen and oxygen atoms in total. The fraction of sp³-hybridized carbons (Fsp3) is 0.222. The molecule has 0 radical (unpaired) electrons. The quantitative estimate of drug-likeness (QED) is 0.787. The first kappa shape index (κ1) is 16.8. The molecule has 1 saturated heterocycles. The van der Waals surface area contributed by atoms with Gasteiger partial charge in [0.1, 0.15) is 11.4 Å². The van der Waals surface area contributed by atoms with Crippen molar-refractivity contribution in [1.29, 1.82) is 0 Å². The highest BCUT2D eigenvalue weighted by Crippen LogP contribution is 2.34. The fourth-order valence-corrected chi connectivity index (χ4v) is 2.76. The Bertz CT molecular complexity index is 823. The molecule has 0 saturated carbocycles. The molecule has 1 unspecified atom stereocenters. The van der Waals surface area contributed by atoms with Crippen molar-refractivity contribution in [2.24, 2.45) is 0 Å². The highest BCUT2D eigenvalue weighted by Gasteiger charge is 2.42. The number of cyclic esters (lactones) is 1. The summed E-state index contributed by atoms with van der Waals surface area (Å²) < 4.78 is 18.4. The topological polar surface area (TPSA) is 79.5 Å². The molecule has 1 fully saturated rings. The van der Waals surface area contributed by atoms with Crippen molar-refractivity contribution in [3.8, 4) is 0 Å². The average Bonchev–Trinajstić information content (AvgIpc) is 2.80. The van der Waals surface area contributed by atoms with Gasteiger partial charge in [0, 0.05) is 11.4 Å². The number of alkyl carbamates (subject to hydrolysis) is 1. The summed E-state index contributed by atoms with van der Waals surface area (Å²) in [5, 5.41) is 8.00. The largest absolute Gasteiger partial charge is 0.441 e. The van der Waals surface area contributed by atoms with Crippen LogP contribution in [0.4, 0.5) is 25.4 Å². The van der Waals surface area contributed by atoms with Crippen LogP contribution in [-0.2, 0) is 4.74 Å². The molecule has 130 valence electrons. The van der Waals surface area contributed by atoms with Gasteiger partial charge in [-0.2, -0.15) is 0 Å². The number of ether oxygens (including phenoxy) is 1. The number of urea groups is 1. The van der Waals surface area contributed by atoms with Crippen molar-refractivity contribution in [2.45, 2.75) is 25.5 Å². The van der Waals surface area contributed by atoms with Crippen LogP contribution in [0.2, 0.25) is 0 Å². The van der Waals surface area contributed by atoms with Gasteiger partial charge in [0.05, 0.1) is 6.04 Å². The lowest BCUT2D eigenvalue weighted by atomic mass is 9.92. The van der Waals surface area contributed by atoms with E-state index in [1.807, 2.05) is 19.9 Å². The van der Waals surface area contributed by atoms with Gasteiger partial charge in [-0.3, -0.25) is 0 Å². The molecule has 2 aromatic rings. The van der Waals surface area contributed by atoms with Crippen molar-refractivity contribution in [3.63, 3.8) is 0 Å². The van der Waals surface area contributed by atoms with Gasteiger partial charge in [-0.25, -0.2) is 14.0 Å². The van der Waals surface area contributed by atoms with Crippen molar-refractivity contribution >= 4 is 23.5 Å². The van der Waals surface area contributed by atoms with Crippen molar-refractivity contribution in [3.05, 3.63) is 59.9 Å². The van der Waals surface area contributed by atoms with Crippen LogP contribution in [0.1, 0.15) is 25.5 Å². The van der Waals surface area contributed by atoms with Crippen LogP contribution in [0.25, 0.3) is 0 Å². The molecule has 1 atom stereocenters. The third-order valence-electron chi connectivity index (χ3n) is 3.87. The lowest BCUT2D eigenvalue weighted by Gasteiger charge is -2.24. The molecule has 3 amide bonds. The number of benzene rings is 2. The Labute approximate surface area is 144 Å². The number of carbonyl (C=O) groups excluding carboxylic acids is 2. The standard InChI is InChI=1S/C18H18FN3O3/c1-18(2)15(22-17(24)25-18)11-5-3-7-13(9-11)20-16(23)21-14-8-4-6-12(19)10-14/h3-10,15H,1-2H3,(H,22,24)(H2,20,21,23). The van der Waals surface area contributed by atoms with Crippen molar-refractivity contribution in [1.82, 2.24) is 5.32 Å². The highest BCUT2D eigenvalue weighted by molar-refractivity contribution is 5.99. The molecule has 0 aromatic heterocycles. The number of hydrogen-bond acceptors (Lipinski definition) is 3. The number of nitrogens with one attached hydrogen (secondary N) is 3. The molecule has 0 bridgehead atoms. The normalized spacial score (nSPS) is 18.2. The van der Waals surface area contributed by atoms with Gasteiger partial charge in [-0.1, -0.05) is 18.2 Å². The maximum Gasteiger partial charge on any atom is 0.408 e. The summed E-state index contributed by atoms with van der Waals surface area (Å²) in [6.45, 7) is 3.62. The Morgan fingerprint density at radius 3 is 2.36 bits per heavy atom. The van der Waals surface area contributed by atoms with Gasteiger partial charge in [0.2, 0.25) is 0 Å². The number of halogens is 1. The van der Waals surface area contributed by atoms with E-state index in [0.717, 1.165) is 5.56 Å². The summed E-state index contributed by atoms with van der Waals surface area (Å²) in [5.74, 6) is -0.431. The summed E-state index contributed by atoms with van der Waals surface area (Å²) in [4.78, 5) is 23.6. The smallest absolute Gasteiger partial charge is 0.408 e. The molecule has 7 heteroatoms. The molecular weight excluding hydrogens is 325 g/mol. The lowest BCUT2D eigenvalue weighted by molar-refractivity contribution is 0.0684. The van der Waals surface area contributed by atoms with E-state index in [-0.39, 0.29) is 6.04 Å². The lowest BCUT2D eigenvalue weighted by Crippen LogP contribution is -2.30. The van der Waals surface area contributed by atoms with Crippen molar-refractivity contribution in [2.75, 3.05) is 10.6 Å². The number of anilines is 2. The van der Waals surface area contributed by atoms with E-state index in [4.69, 9.17) is 4.74 Å². The van der Waals surface area contributed by atoms with Crippen LogP contribution in [0.15, 0.2) is 48.5 Å². The second kappa shape index (κ2) is 6.43. The minimum atomic E-state index is -0.695. The van der Waals surface area contributed by atoms with Gasteiger partial charge in [0.25, 0.3) is 0 Å². The third-order valence-corrected chi connectivity index (χ3v) is 3.87. The Balaban J connectivity index is 1.71. The zero-order valence-electron chi connectivity index (χ0n) is 13.8. The molecule has 0 aliphatic carbocycles. The van der Waals surface area contributed by atoms with E-state index in [9.17, 15) is 14.0 Å². The first-order valence-electron chi connectivity index (χ1n) is 7.76. The fourth-order valence-electron chi connectivity index (χ4n) is 2.76. The van der Waals surface area contributed by atoms with E-state index in [0.29, 0.717) is 11.4 Å². The summed E-state index contributed by atoms with van der Waals surface area (Å²) in [7, 11) is 0. The molecular formula is C18H18FN3O3. The Morgan fingerprint density at radius 1 is 1.12 bits per heavy atom. The number of amides is 3. The van der Waals surface area contributed by atoms with Gasteiger partial charge >= 0.3 is 12.1 Å². The molecule has 3 rings (SSSR count). The average molecular weight is 343 g/mol. The van der Waals surface area contributed by atoms with Gasteiger partial charge in [-0.05, 0) is 49.7 Å². The Morgan fingerprint density at radius 2 is 1.76 bits per heavy atom. The van der Waals surface area contributed by atoms with Gasteiger partial charge in [-0.15, -0.1) is 0 Å². The maximum absolute atomic E-state index is 13.2. The van der Waals surface area contributed by atoms with Crippen molar-refractivity contribution < 1.29 is 18.7 Å². The molecule has 2 aromatic carbocycles. The minimum absolute atomic E-state index is 0.326. The number of rotatable bonds is 3. The second-order valence-corrected chi connectivity index (χ2v) is 6.29. The summed E-state index contributed by atoms with van der Waals surface area (Å²) in [6.07, 6.45) is -0.475. The summed E-state index contributed by atoms with van der Waals surface area (Å²) in [5.41, 5.74) is 1.01. The number of hydrogen-bond donors (Lipinski definition) is 3. The van der Waals surface area contributed by atoms with Crippen LogP contribution >= 0.6 is 0 Å². The van der Waals surface area contributed by atoms with Crippen LogP contribution in [0, 0.1) is 5.82 Å². The molecule has 0 spiro atoms. The first-order chi connectivity index (χ1) is 11.8. The van der Waals surface area contributed by atoms with Crippen LogP contribution < -0.4 is 16.0 Å². The molecule has 1 aliphatic rings. The highest BCUT2D eigenvalue weighted by atomic mass is 19.1. The number of carbonyl (C=O) groups is 2. The molecule has 1 aliphatic heterocycles. The predicted octanol–water partition coefficient (Wildman–Crippen LogP) is 4.03. The van der Waals surface area contributed by atoms with E-state index in [1.54, 1.807) is 24.3 Å².